The number of esters is 1. The second-order valence-electron chi connectivity index (χ2n) is 8.79. The van der Waals surface area contributed by atoms with Crippen molar-refractivity contribution in [2.75, 3.05) is 12.4 Å². The molecular weight excluding hydrogens is 421 g/mol. The third-order valence-electron chi connectivity index (χ3n) is 5.83. The van der Waals surface area contributed by atoms with Crippen LogP contribution in [0.5, 0.6) is 5.75 Å². The molecule has 0 spiro atoms. The van der Waals surface area contributed by atoms with Crippen molar-refractivity contribution in [2.24, 2.45) is 0 Å². The highest BCUT2D eigenvalue weighted by molar-refractivity contribution is 5.89. The van der Waals surface area contributed by atoms with E-state index in [2.05, 4.69) is 36.5 Å². The van der Waals surface area contributed by atoms with E-state index >= 15 is 0 Å². The first-order chi connectivity index (χ1) is 15.8. The number of methoxy groups -OCH3 is 1. The molecule has 0 radical (unpaired) electrons. The summed E-state index contributed by atoms with van der Waals surface area (Å²) >= 11 is 0. The molecule has 0 aromatic heterocycles. The first-order valence-corrected chi connectivity index (χ1v) is 10.9. The SMILES string of the molecule is COC1c2cc(NCc3ccc(C)cc3)ccc2OC(C)(C)C1OC(=O)c1ccc(F)cc1. The number of hydrogen-bond acceptors (Lipinski definition) is 5. The molecule has 33 heavy (non-hydrogen) atoms. The van der Waals surface area contributed by atoms with Gasteiger partial charge < -0.3 is 19.5 Å². The topological polar surface area (TPSA) is 56.8 Å². The maximum absolute atomic E-state index is 13.2. The van der Waals surface area contributed by atoms with Crippen molar-refractivity contribution >= 4 is 11.7 Å². The summed E-state index contributed by atoms with van der Waals surface area (Å²) in [7, 11) is 1.58. The minimum absolute atomic E-state index is 0.265. The summed E-state index contributed by atoms with van der Waals surface area (Å²) in [5.41, 5.74) is 3.52. The van der Waals surface area contributed by atoms with E-state index in [9.17, 15) is 9.18 Å². The molecule has 1 N–H and O–H groups in total. The summed E-state index contributed by atoms with van der Waals surface area (Å²) in [6, 6.07) is 19.4. The Morgan fingerprint density at radius 2 is 1.76 bits per heavy atom. The number of anilines is 1. The van der Waals surface area contributed by atoms with Gasteiger partial charge in [-0.05, 0) is 68.8 Å². The number of aryl methyl sites for hydroxylation is 1. The Morgan fingerprint density at radius 3 is 2.42 bits per heavy atom. The number of rotatable bonds is 6. The summed E-state index contributed by atoms with van der Waals surface area (Å²) in [6.45, 7) is 6.45. The smallest absolute Gasteiger partial charge is 0.338 e. The normalized spacial score (nSPS) is 18.7. The van der Waals surface area contributed by atoms with Crippen LogP contribution in [0.25, 0.3) is 0 Å². The number of carbonyl (C=O) groups is 1. The second-order valence-corrected chi connectivity index (χ2v) is 8.79. The molecule has 0 fully saturated rings. The van der Waals surface area contributed by atoms with Crippen LogP contribution in [0, 0.1) is 12.7 Å². The van der Waals surface area contributed by atoms with Crippen molar-refractivity contribution in [2.45, 2.75) is 45.1 Å². The molecule has 1 heterocycles. The van der Waals surface area contributed by atoms with Crippen LogP contribution in [-0.2, 0) is 16.0 Å². The molecule has 172 valence electrons. The highest BCUT2D eigenvalue weighted by Crippen LogP contribution is 2.44. The standard InChI is InChI=1S/C27H28FNO4/c1-17-5-7-18(8-6-17)16-29-21-13-14-23-22(15-21)24(31-4)25(27(2,3)33-23)32-26(30)19-9-11-20(28)12-10-19/h5-15,24-25,29H,16H2,1-4H3. The van der Waals surface area contributed by atoms with Gasteiger partial charge in [-0.3, -0.25) is 0 Å². The van der Waals surface area contributed by atoms with Crippen molar-refractivity contribution in [1.29, 1.82) is 0 Å². The Bertz CT molecular complexity index is 1130. The fourth-order valence-corrected chi connectivity index (χ4v) is 3.98. The van der Waals surface area contributed by atoms with Gasteiger partial charge in [0, 0.05) is 24.9 Å². The highest BCUT2D eigenvalue weighted by Gasteiger charge is 2.47. The van der Waals surface area contributed by atoms with Gasteiger partial charge >= 0.3 is 5.97 Å². The van der Waals surface area contributed by atoms with E-state index in [4.69, 9.17) is 14.2 Å². The van der Waals surface area contributed by atoms with Crippen LogP contribution >= 0.6 is 0 Å². The van der Waals surface area contributed by atoms with Crippen LogP contribution in [0.15, 0.2) is 66.7 Å². The average Bonchev–Trinajstić information content (AvgIpc) is 2.79. The number of carbonyl (C=O) groups excluding carboxylic acids is 1. The second kappa shape index (κ2) is 9.24. The van der Waals surface area contributed by atoms with Crippen LogP contribution in [-0.4, -0.2) is 24.8 Å². The quantitative estimate of drug-likeness (QED) is 0.480. The van der Waals surface area contributed by atoms with E-state index in [0.717, 1.165) is 11.3 Å². The molecule has 0 bridgehead atoms. The van der Waals surface area contributed by atoms with Gasteiger partial charge in [-0.15, -0.1) is 0 Å². The lowest BCUT2D eigenvalue weighted by atomic mass is 9.87. The maximum Gasteiger partial charge on any atom is 0.338 e. The van der Waals surface area contributed by atoms with E-state index in [0.29, 0.717) is 12.3 Å². The molecular formula is C27H28FNO4. The number of benzene rings is 3. The van der Waals surface area contributed by atoms with Crippen LogP contribution in [0.1, 0.15) is 47.0 Å². The number of nitrogens with one attached hydrogen (secondary N) is 1. The number of ether oxygens (including phenoxy) is 3. The zero-order valence-corrected chi connectivity index (χ0v) is 19.2. The van der Waals surface area contributed by atoms with Gasteiger partial charge in [0.1, 0.15) is 23.3 Å². The molecule has 4 rings (SSSR count). The zero-order valence-electron chi connectivity index (χ0n) is 19.2. The molecule has 0 saturated heterocycles. The summed E-state index contributed by atoms with van der Waals surface area (Å²) < 4.78 is 31.1. The fourth-order valence-electron chi connectivity index (χ4n) is 3.98. The molecule has 1 aliphatic heterocycles. The zero-order chi connectivity index (χ0) is 23.6. The molecule has 2 unspecified atom stereocenters. The Balaban J connectivity index is 1.56. The summed E-state index contributed by atoms with van der Waals surface area (Å²) in [5, 5.41) is 3.43. The Hall–Kier alpha value is -3.38. The molecule has 0 aliphatic carbocycles. The number of fused-ring (bicyclic) bond motifs is 1. The number of hydrogen-bond donors (Lipinski definition) is 1. The van der Waals surface area contributed by atoms with Crippen molar-refractivity contribution < 1.29 is 23.4 Å². The predicted molar refractivity (Wildman–Crippen MR) is 125 cm³/mol. The highest BCUT2D eigenvalue weighted by atomic mass is 19.1. The molecule has 5 nitrogen and oxygen atoms in total. The minimum Gasteiger partial charge on any atom is -0.483 e. The van der Waals surface area contributed by atoms with Crippen molar-refractivity contribution in [1.82, 2.24) is 0 Å². The van der Waals surface area contributed by atoms with Crippen LogP contribution in [0.3, 0.4) is 0 Å². The van der Waals surface area contributed by atoms with Crippen molar-refractivity contribution in [3.8, 4) is 5.75 Å². The van der Waals surface area contributed by atoms with E-state index in [-0.39, 0.29) is 5.56 Å². The van der Waals surface area contributed by atoms with Crippen LogP contribution < -0.4 is 10.1 Å². The first kappa shape index (κ1) is 22.8. The van der Waals surface area contributed by atoms with Gasteiger partial charge in [0.05, 0.1) is 5.56 Å². The average molecular weight is 450 g/mol. The third kappa shape index (κ3) is 5.01. The predicted octanol–water partition coefficient (Wildman–Crippen LogP) is 5.83. The Morgan fingerprint density at radius 1 is 1.06 bits per heavy atom. The van der Waals surface area contributed by atoms with Gasteiger partial charge in [-0.2, -0.15) is 0 Å². The van der Waals surface area contributed by atoms with E-state index < -0.39 is 29.6 Å². The van der Waals surface area contributed by atoms with Gasteiger partial charge in [0.2, 0.25) is 0 Å². The largest absolute Gasteiger partial charge is 0.483 e. The molecule has 1 aliphatic rings. The fraction of sp³-hybridized carbons (Fsp3) is 0.296. The van der Waals surface area contributed by atoms with E-state index in [1.165, 1.54) is 35.4 Å². The summed E-state index contributed by atoms with van der Waals surface area (Å²) in [4.78, 5) is 12.8. The van der Waals surface area contributed by atoms with E-state index in [1.807, 2.05) is 32.0 Å². The van der Waals surface area contributed by atoms with E-state index in [1.54, 1.807) is 7.11 Å². The Kier molecular flexibility index (Phi) is 6.38. The van der Waals surface area contributed by atoms with Gasteiger partial charge in [0.25, 0.3) is 0 Å². The van der Waals surface area contributed by atoms with Gasteiger partial charge in [0.15, 0.2) is 6.10 Å². The van der Waals surface area contributed by atoms with Crippen molar-refractivity contribution in [3.63, 3.8) is 0 Å². The van der Waals surface area contributed by atoms with Crippen LogP contribution in [0.4, 0.5) is 10.1 Å². The Labute approximate surface area is 193 Å². The molecule has 0 amide bonds. The molecule has 0 saturated carbocycles. The lowest BCUT2D eigenvalue weighted by molar-refractivity contribution is -0.129. The summed E-state index contributed by atoms with van der Waals surface area (Å²) in [6.07, 6.45) is -1.24. The van der Waals surface area contributed by atoms with Gasteiger partial charge in [-0.1, -0.05) is 29.8 Å². The first-order valence-electron chi connectivity index (χ1n) is 10.9. The molecule has 6 heteroatoms. The summed E-state index contributed by atoms with van der Waals surface area (Å²) in [5.74, 6) is -0.292. The lowest BCUT2D eigenvalue weighted by Crippen LogP contribution is -2.51. The monoisotopic (exact) mass is 449 g/mol. The van der Waals surface area contributed by atoms with Gasteiger partial charge in [-0.25, -0.2) is 9.18 Å². The van der Waals surface area contributed by atoms with Crippen molar-refractivity contribution in [3.05, 3.63) is 94.8 Å². The third-order valence-corrected chi connectivity index (χ3v) is 5.83. The molecule has 2 atom stereocenters. The molecule has 3 aromatic carbocycles. The molecule has 3 aromatic rings. The lowest BCUT2D eigenvalue weighted by Gasteiger charge is -2.43. The van der Waals surface area contributed by atoms with Crippen LogP contribution in [0.2, 0.25) is 0 Å². The minimum atomic E-state index is -0.833. The number of halogens is 1. The maximum atomic E-state index is 13.2.